The largest absolute Gasteiger partial charge is 0.488 e. The molecule has 0 fully saturated rings. The van der Waals surface area contributed by atoms with E-state index < -0.39 is 7.12 Å². The lowest BCUT2D eigenvalue weighted by molar-refractivity contribution is 0.397. The van der Waals surface area contributed by atoms with Gasteiger partial charge in [-0.3, -0.25) is 0 Å². The Bertz CT molecular complexity index is 617. The number of benzene rings is 1. The van der Waals surface area contributed by atoms with Crippen LogP contribution in [0.5, 0.6) is 5.88 Å². The molecule has 108 valence electrons. The van der Waals surface area contributed by atoms with Gasteiger partial charge in [0.2, 0.25) is 5.88 Å². The van der Waals surface area contributed by atoms with E-state index >= 15 is 0 Å². The zero-order valence-electron chi connectivity index (χ0n) is 11.6. The van der Waals surface area contributed by atoms with Crippen molar-refractivity contribution in [1.29, 1.82) is 5.41 Å². The second kappa shape index (κ2) is 6.87. The minimum Gasteiger partial charge on any atom is -0.480 e. The molecule has 0 saturated heterocycles. The molecule has 0 saturated carbocycles. The summed E-state index contributed by atoms with van der Waals surface area (Å²) >= 11 is 0. The Labute approximate surface area is 123 Å². The summed E-state index contributed by atoms with van der Waals surface area (Å²) < 4.78 is 5.11. The molecule has 0 aliphatic carbocycles. The van der Waals surface area contributed by atoms with Crippen LogP contribution in [-0.4, -0.2) is 35.5 Å². The van der Waals surface area contributed by atoms with Crippen molar-refractivity contribution in [1.82, 2.24) is 4.98 Å². The van der Waals surface area contributed by atoms with Crippen molar-refractivity contribution < 1.29 is 14.8 Å². The summed E-state index contributed by atoms with van der Waals surface area (Å²) in [4.78, 5) is 4.05. The van der Waals surface area contributed by atoms with Gasteiger partial charge in [-0.2, -0.15) is 0 Å². The van der Waals surface area contributed by atoms with Gasteiger partial charge in [-0.1, -0.05) is 24.3 Å². The third kappa shape index (κ3) is 3.59. The molecule has 2 aromatic rings. The summed E-state index contributed by atoms with van der Waals surface area (Å²) in [5, 5.41) is 28.7. The van der Waals surface area contributed by atoms with Crippen LogP contribution in [0.25, 0.3) is 0 Å². The molecule has 7 heteroatoms. The van der Waals surface area contributed by atoms with Crippen LogP contribution >= 0.6 is 0 Å². The molecule has 21 heavy (non-hydrogen) atoms. The van der Waals surface area contributed by atoms with Crippen molar-refractivity contribution in [2.75, 3.05) is 12.4 Å². The van der Waals surface area contributed by atoms with Crippen molar-refractivity contribution in [2.45, 2.75) is 6.54 Å². The highest BCUT2D eigenvalue weighted by Gasteiger charge is 2.10. The second-order valence-electron chi connectivity index (χ2n) is 4.39. The fourth-order valence-electron chi connectivity index (χ4n) is 1.92. The SMILES string of the molecule is COc1nccc(NCc2ccc(B(O)O)cc2)c1C=N. The predicted octanol–water partition coefficient (Wildman–Crippen LogP) is 0.380. The Kier molecular flexibility index (Phi) is 4.92. The predicted molar refractivity (Wildman–Crippen MR) is 82.3 cm³/mol. The molecule has 0 aliphatic heterocycles. The zero-order chi connectivity index (χ0) is 15.2. The zero-order valence-corrected chi connectivity index (χ0v) is 11.6. The number of ether oxygens (including phenoxy) is 1. The standard InChI is InChI=1S/C14H16BN3O3/c1-21-14-12(8-16)13(6-7-17-14)18-9-10-2-4-11(5-3-10)15(19)20/h2-8,16,19-20H,9H2,1H3,(H,17,18). The third-order valence-electron chi connectivity index (χ3n) is 3.05. The number of hydrogen-bond acceptors (Lipinski definition) is 6. The molecule has 2 rings (SSSR count). The second-order valence-corrected chi connectivity index (χ2v) is 4.39. The first-order valence-electron chi connectivity index (χ1n) is 6.38. The van der Waals surface area contributed by atoms with E-state index in [0.717, 1.165) is 11.3 Å². The number of aromatic nitrogens is 1. The Balaban J connectivity index is 2.11. The third-order valence-corrected chi connectivity index (χ3v) is 3.05. The first kappa shape index (κ1) is 15.0. The maximum Gasteiger partial charge on any atom is 0.488 e. The van der Waals surface area contributed by atoms with Crippen LogP contribution in [0.4, 0.5) is 5.69 Å². The van der Waals surface area contributed by atoms with Gasteiger partial charge >= 0.3 is 7.12 Å². The molecule has 0 unspecified atom stereocenters. The van der Waals surface area contributed by atoms with Gasteiger partial charge in [0, 0.05) is 19.0 Å². The lowest BCUT2D eigenvalue weighted by Crippen LogP contribution is -2.29. The summed E-state index contributed by atoms with van der Waals surface area (Å²) in [6.07, 6.45) is 2.80. The highest BCUT2D eigenvalue weighted by molar-refractivity contribution is 6.58. The van der Waals surface area contributed by atoms with Crippen LogP contribution in [0, 0.1) is 5.41 Å². The Morgan fingerprint density at radius 3 is 2.57 bits per heavy atom. The first-order chi connectivity index (χ1) is 10.2. The fourth-order valence-corrected chi connectivity index (χ4v) is 1.92. The molecule has 6 nitrogen and oxygen atoms in total. The maximum atomic E-state index is 9.04. The highest BCUT2D eigenvalue weighted by Crippen LogP contribution is 2.22. The van der Waals surface area contributed by atoms with Crippen LogP contribution in [-0.2, 0) is 6.54 Å². The number of nitrogens with one attached hydrogen (secondary N) is 2. The molecule has 1 aromatic heterocycles. The van der Waals surface area contributed by atoms with Crippen molar-refractivity contribution in [3.05, 3.63) is 47.7 Å². The lowest BCUT2D eigenvalue weighted by Gasteiger charge is -2.12. The van der Waals surface area contributed by atoms with E-state index in [1.54, 1.807) is 24.4 Å². The summed E-state index contributed by atoms with van der Waals surface area (Å²) in [5.41, 5.74) is 2.76. The normalized spacial score (nSPS) is 10.0. The molecule has 1 heterocycles. The van der Waals surface area contributed by atoms with Gasteiger partial charge in [0.15, 0.2) is 0 Å². The highest BCUT2D eigenvalue weighted by atomic mass is 16.5. The average molecular weight is 285 g/mol. The minimum absolute atomic E-state index is 0.397. The van der Waals surface area contributed by atoms with Crippen molar-refractivity contribution >= 4 is 24.5 Å². The number of rotatable bonds is 6. The minimum atomic E-state index is -1.46. The number of pyridine rings is 1. The summed E-state index contributed by atoms with van der Waals surface area (Å²) in [6.45, 7) is 0.538. The maximum absolute atomic E-state index is 9.04. The van der Waals surface area contributed by atoms with Gasteiger partial charge < -0.3 is 25.5 Å². The van der Waals surface area contributed by atoms with Crippen molar-refractivity contribution in [3.63, 3.8) is 0 Å². The van der Waals surface area contributed by atoms with E-state index in [1.807, 2.05) is 12.1 Å². The smallest absolute Gasteiger partial charge is 0.480 e. The molecule has 0 spiro atoms. The van der Waals surface area contributed by atoms with E-state index in [1.165, 1.54) is 13.3 Å². The average Bonchev–Trinajstić information content (AvgIpc) is 2.52. The molecule has 1 aromatic carbocycles. The molecule has 0 aliphatic rings. The summed E-state index contributed by atoms with van der Waals surface area (Å²) in [6, 6.07) is 8.71. The Hall–Kier alpha value is -2.38. The van der Waals surface area contributed by atoms with E-state index in [-0.39, 0.29) is 0 Å². The molecule has 0 amide bonds. The van der Waals surface area contributed by atoms with Gasteiger partial charge in [-0.15, -0.1) is 0 Å². The van der Waals surface area contributed by atoms with E-state index in [0.29, 0.717) is 23.5 Å². The quantitative estimate of drug-likeness (QED) is 0.454. The number of nitrogens with zero attached hydrogens (tertiary/aromatic N) is 1. The van der Waals surface area contributed by atoms with E-state index in [4.69, 9.17) is 20.2 Å². The molecule has 0 radical (unpaired) electrons. The molecule has 0 bridgehead atoms. The van der Waals surface area contributed by atoms with Gasteiger partial charge in [0.1, 0.15) is 0 Å². The Morgan fingerprint density at radius 2 is 2.00 bits per heavy atom. The molecular formula is C14H16BN3O3. The van der Waals surface area contributed by atoms with Gasteiger partial charge in [0.25, 0.3) is 0 Å². The van der Waals surface area contributed by atoms with Crippen molar-refractivity contribution in [3.8, 4) is 5.88 Å². The summed E-state index contributed by atoms with van der Waals surface area (Å²) in [5.74, 6) is 0.397. The molecule has 4 N–H and O–H groups in total. The topological polar surface area (TPSA) is 98.5 Å². The fraction of sp³-hybridized carbons (Fsp3) is 0.143. The number of hydrogen-bond donors (Lipinski definition) is 4. The van der Waals surface area contributed by atoms with Crippen LogP contribution in [0.1, 0.15) is 11.1 Å². The number of anilines is 1. The van der Waals surface area contributed by atoms with Crippen molar-refractivity contribution in [2.24, 2.45) is 0 Å². The van der Waals surface area contributed by atoms with Crippen LogP contribution in [0.3, 0.4) is 0 Å². The first-order valence-corrected chi connectivity index (χ1v) is 6.38. The van der Waals surface area contributed by atoms with Gasteiger partial charge in [-0.05, 0) is 17.1 Å². The Morgan fingerprint density at radius 1 is 1.29 bits per heavy atom. The van der Waals surface area contributed by atoms with Gasteiger partial charge in [0.05, 0.1) is 18.4 Å². The van der Waals surface area contributed by atoms with E-state index in [2.05, 4.69) is 10.3 Å². The summed E-state index contributed by atoms with van der Waals surface area (Å²) in [7, 11) is 0.0545. The number of methoxy groups -OCH3 is 1. The molecule has 0 atom stereocenters. The lowest BCUT2D eigenvalue weighted by atomic mass is 9.80. The van der Waals surface area contributed by atoms with Crippen LogP contribution in [0.15, 0.2) is 36.5 Å². The van der Waals surface area contributed by atoms with Crippen LogP contribution in [0.2, 0.25) is 0 Å². The monoisotopic (exact) mass is 285 g/mol. The van der Waals surface area contributed by atoms with Gasteiger partial charge in [-0.25, -0.2) is 4.98 Å². The molecular weight excluding hydrogens is 269 g/mol. The van der Waals surface area contributed by atoms with Crippen LogP contribution < -0.4 is 15.5 Å². The van der Waals surface area contributed by atoms with E-state index in [9.17, 15) is 0 Å².